The number of fused-ring (bicyclic) bond motifs is 3. The fourth-order valence-electron chi connectivity index (χ4n) is 3.70. The molecule has 4 rings (SSSR count). The summed E-state index contributed by atoms with van der Waals surface area (Å²) in [6.07, 6.45) is 3.58. The van der Waals surface area contributed by atoms with Crippen molar-refractivity contribution in [2.75, 3.05) is 0 Å². The van der Waals surface area contributed by atoms with Crippen LogP contribution in [0.3, 0.4) is 0 Å². The van der Waals surface area contributed by atoms with Crippen LogP contribution in [-0.2, 0) is 0 Å². The molecule has 2 aromatic carbocycles. The Morgan fingerprint density at radius 3 is 2.88 bits per heavy atom. The van der Waals surface area contributed by atoms with Gasteiger partial charge >= 0.3 is 0 Å². The van der Waals surface area contributed by atoms with Crippen molar-refractivity contribution >= 4 is 21.7 Å². The van der Waals surface area contributed by atoms with Crippen molar-refractivity contribution in [2.45, 2.75) is 37.6 Å². The fraction of sp³-hybridized carbons (Fsp3) is 0.316. The topological polar surface area (TPSA) is 79.0 Å². The van der Waals surface area contributed by atoms with Crippen LogP contribution < -0.4 is 5.43 Å². The first-order chi connectivity index (χ1) is 11.8. The molecule has 3 aromatic rings. The lowest BCUT2D eigenvalue weighted by molar-refractivity contribution is 0.348. The Labute approximate surface area is 138 Å². The van der Waals surface area contributed by atoms with Crippen LogP contribution in [0.4, 0.5) is 0 Å². The van der Waals surface area contributed by atoms with Gasteiger partial charge in [0.15, 0.2) is 5.43 Å². The van der Waals surface area contributed by atoms with Crippen molar-refractivity contribution in [3.8, 4) is 0 Å². The summed E-state index contributed by atoms with van der Waals surface area (Å²) in [6, 6.07) is 13.3. The lowest BCUT2D eigenvalue weighted by Crippen LogP contribution is -2.17. The maximum Gasteiger partial charge on any atom is 0.192 e. The minimum atomic E-state index is -0.0118. The van der Waals surface area contributed by atoms with E-state index in [0.29, 0.717) is 16.7 Å². The van der Waals surface area contributed by atoms with Gasteiger partial charge in [0, 0.05) is 28.3 Å². The molecule has 1 aliphatic rings. The molecule has 1 heterocycles. The van der Waals surface area contributed by atoms with Crippen LogP contribution in [0, 0.1) is 0 Å². The van der Waals surface area contributed by atoms with Crippen LogP contribution in [0.15, 0.2) is 56.8 Å². The molecule has 1 fully saturated rings. The molecule has 0 amide bonds. The quantitative estimate of drug-likeness (QED) is 0.279. The van der Waals surface area contributed by atoms with Gasteiger partial charge in [0.2, 0.25) is 0 Å². The summed E-state index contributed by atoms with van der Waals surface area (Å²) in [7, 11) is 0. The standard InChI is InChI=1S/C19H17N3O2/c20-22-21-14-6-3-5-13(10-14)18-11-17(23)16-9-8-12-4-1-2-7-15(12)19(16)24-18/h1-2,4,7-9,11,13-14H,3,5-6,10H2. The Morgan fingerprint density at radius 1 is 1.12 bits per heavy atom. The van der Waals surface area contributed by atoms with E-state index in [1.807, 2.05) is 36.4 Å². The molecule has 1 saturated carbocycles. The minimum Gasteiger partial charge on any atom is -0.460 e. The summed E-state index contributed by atoms with van der Waals surface area (Å²) in [6.45, 7) is 0. The maximum absolute atomic E-state index is 12.6. The number of azide groups is 1. The third kappa shape index (κ3) is 2.53. The molecule has 0 radical (unpaired) electrons. The minimum absolute atomic E-state index is 0.0112. The zero-order valence-electron chi connectivity index (χ0n) is 13.2. The largest absolute Gasteiger partial charge is 0.460 e. The monoisotopic (exact) mass is 319 g/mol. The highest BCUT2D eigenvalue weighted by Gasteiger charge is 2.25. The third-order valence-corrected chi connectivity index (χ3v) is 4.90. The molecule has 0 saturated heterocycles. The van der Waals surface area contributed by atoms with E-state index in [9.17, 15) is 4.79 Å². The maximum atomic E-state index is 12.6. The van der Waals surface area contributed by atoms with E-state index >= 15 is 0 Å². The van der Waals surface area contributed by atoms with E-state index < -0.39 is 0 Å². The predicted molar refractivity (Wildman–Crippen MR) is 94.1 cm³/mol. The molecule has 1 aromatic heterocycles. The molecule has 0 N–H and O–H groups in total. The first kappa shape index (κ1) is 14.8. The predicted octanol–water partition coefficient (Wildman–Crippen LogP) is 5.28. The molecule has 120 valence electrons. The molecule has 24 heavy (non-hydrogen) atoms. The van der Waals surface area contributed by atoms with E-state index in [4.69, 9.17) is 9.95 Å². The van der Waals surface area contributed by atoms with Gasteiger partial charge in [-0.25, -0.2) is 0 Å². The molecule has 1 aliphatic carbocycles. The summed E-state index contributed by atoms with van der Waals surface area (Å²) in [5.74, 6) is 0.840. The summed E-state index contributed by atoms with van der Waals surface area (Å²) in [4.78, 5) is 15.5. The van der Waals surface area contributed by atoms with Gasteiger partial charge < -0.3 is 4.42 Å². The molecule has 2 unspecified atom stereocenters. The summed E-state index contributed by atoms with van der Waals surface area (Å²) in [5.41, 5.74) is 9.31. The van der Waals surface area contributed by atoms with Gasteiger partial charge in [0.25, 0.3) is 0 Å². The molecular formula is C19H17N3O2. The third-order valence-electron chi connectivity index (χ3n) is 4.90. The second kappa shape index (κ2) is 6.02. The average molecular weight is 319 g/mol. The van der Waals surface area contributed by atoms with Gasteiger partial charge in [-0.3, -0.25) is 4.79 Å². The smallest absolute Gasteiger partial charge is 0.192 e. The van der Waals surface area contributed by atoms with Crippen molar-refractivity contribution in [1.29, 1.82) is 0 Å². The summed E-state index contributed by atoms with van der Waals surface area (Å²) in [5, 5.41) is 6.48. The van der Waals surface area contributed by atoms with Crippen LogP contribution in [0.1, 0.15) is 37.4 Å². The Morgan fingerprint density at radius 2 is 2.00 bits per heavy atom. The zero-order chi connectivity index (χ0) is 16.5. The molecule has 5 nitrogen and oxygen atoms in total. The molecule has 5 heteroatoms. The van der Waals surface area contributed by atoms with Crippen LogP contribution in [0.5, 0.6) is 0 Å². The van der Waals surface area contributed by atoms with Crippen molar-refractivity contribution in [3.63, 3.8) is 0 Å². The fourth-order valence-corrected chi connectivity index (χ4v) is 3.70. The van der Waals surface area contributed by atoms with Crippen LogP contribution in [0.2, 0.25) is 0 Å². The highest BCUT2D eigenvalue weighted by Crippen LogP contribution is 2.35. The Hall–Kier alpha value is -2.78. The first-order valence-electron chi connectivity index (χ1n) is 8.26. The van der Waals surface area contributed by atoms with Gasteiger partial charge in [-0.1, -0.05) is 41.9 Å². The second-order valence-corrected chi connectivity index (χ2v) is 6.40. The normalized spacial score (nSPS) is 20.8. The lowest BCUT2D eigenvalue weighted by atomic mass is 9.84. The van der Waals surface area contributed by atoms with Gasteiger partial charge in [0.05, 0.1) is 5.39 Å². The van der Waals surface area contributed by atoms with Crippen LogP contribution in [0.25, 0.3) is 32.2 Å². The summed E-state index contributed by atoms with van der Waals surface area (Å²) < 4.78 is 6.19. The van der Waals surface area contributed by atoms with Gasteiger partial charge in [-0.2, -0.15) is 0 Å². The number of rotatable bonds is 2. The van der Waals surface area contributed by atoms with E-state index in [0.717, 1.165) is 36.5 Å². The highest BCUT2D eigenvalue weighted by atomic mass is 16.3. The SMILES string of the molecule is [N-]=[N+]=NC1CCCC(c2cc(=O)c3ccc4ccccc4c3o2)C1. The van der Waals surface area contributed by atoms with E-state index in [-0.39, 0.29) is 17.4 Å². The lowest BCUT2D eigenvalue weighted by Gasteiger charge is -2.25. The van der Waals surface area contributed by atoms with Gasteiger partial charge in [-0.05, 0) is 36.2 Å². The Bertz CT molecular complexity index is 1020. The van der Waals surface area contributed by atoms with Crippen molar-refractivity contribution in [2.24, 2.45) is 5.11 Å². The molecule has 2 atom stereocenters. The number of hydrogen-bond acceptors (Lipinski definition) is 3. The Balaban J connectivity index is 1.86. The van der Waals surface area contributed by atoms with Crippen LogP contribution >= 0.6 is 0 Å². The van der Waals surface area contributed by atoms with E-state index in [1.165, 1.54) is 0 Å². The number of nitrogens with zero attached hydrogens (tertiary/aromatic N) is 3. The van der Waals surface area contributed by atoms with E-state index in [1.54, 1.807) is 6.07 Å². The second-order valence-electron chi connectivity index (χ2n) is 6.40. The number of hydrogen-bond donors (Lipinski definition) is 0. The summed E-state index contributed by atoms with van der Waals surface area (Å²) >= 11 is 0. The number of benzene rings is 2. The van der Waals surface area contributed by atoms with Crippen molar-refractivity contribution in [3.05, 3.63) is 68.9 Å². The molecule has 0 spiro atoms. The zero-order valence-corrected chi connectivity index (χ0v) is 13.2. The molecule has 0 aliphatic heterocycles. The van der Waals surface area contributed by atoms with Gasteiger partial charge in [-0.15, -0.1) is 0 Å². The Kier molecular flexibility index (Phi) is 3.71. The van der Waals surface area contributed by atoms with Crippen molar-refractivity contribution in [1.82, 2.24) is 0 Å². The van der Waals surface area contributed by atoms with Gasteiger partial charge in [0.1, 0.15) is 11.3 Å². The molecule has 0 bridgehead atoms. The van der Waals surface area contributed by atoms with Crippen molar-refractivity contribution < 1.29 is 4.42 Å². The van der Waals surface area contributed by atoms with E-state index in [2.05, 4.69) is 10.0 Å². The average Bonchev–Trinajstić information content (AvgIpc) is 2.62. The first-order valence-corrected chi connectivity index (χ1v) is 8.26. The highest BCUT2D eigenvalue weighted by molar-refractivity contribution is 6.03. The molecular weight excluding hydrogens is 302 g/mol. The van der Waals surface area contributed by atoms with Crippen LogP contribution in [-0.4, -0.2) is 6.04 Å².